The van der Waals surface area contributed by atoms with E-state index in [1.54, 1.807) is 0 Å². The largest absolute Gasteiger partial charge is 0.444 e. The molecule has 1 aliphatic rings. The summed E-state index contributed by atoms with van der Waals surface area (Å²) in [7, 11) is 0. The number of carbonyl (C=O) groups is 1. The second kappa shape index (κ2) is 7.94. The van der Waals surface area contributed by atoms with Crippen molar-refractivity contribution in [1.82, 2.24) is 5.32 Å². The van der Waals surface area contributed by atoms with E-state index in [4.69, 9.17) is 4.74 Å². The van der Waals surface area contributed by atoms with Gasteiger partial charge in [0.05, 0.1) is 0 Å². The van der Waals surface area contributed by atoms with Crippen molar-refractivity contribution in [3.8, 4) is 11.1 Å². The van der Waals surface area contributed by atoms with Crippen LogP contribution in [-0.2, 0) is 4.74 Å². The lowest BCUT2D eigenvalue weighted by Crippen LogP contribution is -2.41. The Hall–Kier alpha value is -2.29. The van der Waals surface area contributed by atoms with Gasteiger partial charge >= 0.3 is 6.09 Å². The molecule has 0 aromatic heterocycles. The van der Waals surface area contributed by atoms with Gasteiger partial charge < -0.3 is 10.1 Å². The van der Waals surface area contributed by atoms with Crippen LogP contribution < -0.4 is 5.32 Å². The summed E-state index contributed by atoms with van der Waals surface area (Å²) in [6.45, 7) is 5.68. The van der Waals surface area contributed by atoms with Crippen molar-refractivity contribution in [1.29, 1.82) is 0 Å². The third-order valence-corrected chi connectivity index (χ3v) is 4.88. The van der Waals surface area contributed by atoms with Crippen LogP contribution in [0.2, 0.25) is 0 Å². The second-order valence-corrected chi connectivity index (χ2v) is 8.19. The highest BCUT2D eigenvalue weighted by molar-refractivity contribution is 5.68. The first-order valence-electron chi connectivity index (χ1n) is 9.55. The Morgan fingerprint density at radius 2 is 1.62 bits per heavy atom. The monoisotopic (exact) mass is 351 g/mol. The molecule has 1 saturated carbocycles. The van der Waals surface area contributed by atoms with Crippen LogP contribution in [0.3, 0.4) is 0 Å². The highest BCUT2D eigenvalue weighted by atomic mass is 16.6. The van der Waals surface area contributed by atoms with Gasteiger partial charge in [-0.2, -0.15) is 0 Å². The van der Waals surface area contributed by atoms with E-state index in [1.165, 1.54) is 23.1 Å². The summed E-state index contributed by atoms with van der Waals surface area (Å²) in [5.74, 6) is 0.494. The van der Waals surface area contributed by atoms with Crippen molar-refractivity contribution in [3.05, 3.63) is 60.2 Å². The fourth-order valence-corrected chi connectivity index (χ4v) is 3.68. The van der Waals surface area contributed by atoms with E-state index in [9.17, 15) is 4.79 Å². The number of nitrogens with one attached hydrogen (secondary N) is 1. The minimum atomic E-state index is -0.453. The first-order chi connectivity index (χ1) is 12.4. The number of carbonyl (C=O) groups excluding carboxylic acids is 1. The topological polar surface area (TPSA) is 38.3 Å². The molecule has 3 nitrogen and oxygen atoms in total. The summed E-state index contributed by atoms with van der Waals surface area (Å²) in [5, 5.41) is 3.05. The lowest BCUT2D eigenvalue weighted by Gasteiger charge is -2.31. The molecule has 1 N–H and O–H groups in total. The molecule has 138 valence electrons. The van der Waals surface area contributed by atoms with Crippen molar-refractivity contribution < 1.29 is 9.53 Å². The number of amides is 1. The zero-order valence-corrected chi connectivity index (χ0v) is 16.0. The zero-order chi connectivity index (χ0) is 18.6. The van der Waals surface area contributed by atoms with Crippen molar-refractivity contribution >= 4 is 6.09 Å². The third-order valence-electron chi connectivity index (χ3n) is 4.88. The van der Waals surface area contributed by atoms with Crippen LogP contribution >= 0.6 is 0 Å². The average Bonchev–Trinajstić information content (AvgIpc) is 2.61. The molecule has 2 aromatic rings. The Morgan fingerprint density at radius 3 is 2.27 bits per heavy atom. The summed E-state index contributed by atoms with van der Waals surface area (Å²) in [6.07, 6.45) is 4.01. The average molecular weight is 351 g/mol. The van der Waals surface area contributed by atoms with Gasteiger partial charge in [0, 0.05) is 6.04 Å². The predicted molar refractivity (Wildman–Crippen MR) is 106 cm³/mol. The molecule has 0 radical (unpaired) electrons. The molecule has 1 fully saturated rings. The van der Waals surface area contributed by atoms with Crippen molar-refractivity contribution in [2.24, 2.45) is 0 Å². The standard InChI is InChI=1S/C23H29NO2/c1-23(2,3)26-22(25)24-21-11-7-10-20(16-21)19-14-12-18(13-15-19)17-8-5-4-6-9-17/h4-6,8-9,12-15,20-21H,7,10-11,16H2,1-3H3,(H,24,25)/t20-,21+/m0/s1. The van der Waals surface area contributed by atoms with Gasteiger partial charge in [-0.3, -0.25) is 0 Å². The molecule has 2 atom stereocenters. The summed E-state index contributed by atoms with van der Waals surface area (Å²) >= 11 is 0. The molecule has 26 heavy (non-hydrogen) atoms. The first-order valence-corrected chi connectivity index (χ1v) is 9.55. The highest BCUT2D eigenvalue weighted by Crippen LogP contribution is 2.34. The molecular formula is C23H29NO2. The number of rotatable bonds is 3. The zero-order valence-electron chi connectivity index (χ0n) is 16.0. The smallest absolute Gasteiger partial charge is 0.407 e. The van der Waals surface area contributed by atoms with Crippen LogP contribution in [0, 0.1) is 0 Å². The summed E-state index contributed by atoms with van der Waals surface area (Å²) in [4.78, 5) is 12.0. The van der Waals surface area contributed by atoms with E-state index in [0.717, 1.165) is 19.3 Å². The number of alkyl carbamates (subject to hydrolysis) is 1. The normalized spacial score (nSPS) is 20.4. The summed E-state index contributed by atoms with van der Waals surface area (Å²) in [6, 6.07) is 19.5. The van der Waals surface area contributed by atoms with Gasteiger partial charge in [-0.05, 0) is 62.6 Å². The van der Waals surface area contributed by atoms with Crippen LogP contribution in [0.15, 0.2) is 54.6 Å². The maximum absolute atomic E-state index is 12.0. The first kappa shape index (κ1) is 18.5. The van der Waals surface area contributed by atoms with Crippen molar-refractivity contribution in [2.45, 2.75) is 64.0 Å². The van der Waals surface area contributed by atoms with Crippen molar-refractivity contribution in [3.63, 3.8) is 0 Å². The Morgan fingerprint density at radius 1 is 0.962 bits per heavy atom. The minimum absolute atomic E-state index is 0.192. The molecule has 1 aliphatic carbocycles. The molecule has 3 heteroatoms. The predicted octanol–water partition coefficient (Wildman–Crippen LogP) is 5.90. The van der Waals surface area contributed by atoms with E-state index >= 15 is 0 Å². The molecule has 3 rings (SSSR count). The molecule has 0 heterocycles. The van der Waals surface area contributed by atoms with Crippen LogP contribution in [0.25, 0.3) is 11.1 Å². The van der Waals surface area contributed by atoms with E-state index < -0.39 is 5.60 Å². The lowest BCUT2D eigenvalue weighted by atomic mass is 9.81. The van der Waals surface area contributed by atoms with Crippen LogP contribution in [0.4, 0.5) is 4.79 Å². The quantitative estimate of drug-likeness (QED) is 0.747. The minimum Gasteiger partial charge on any atom is -0.444 e. The van der Waals surface area contributed by atoms with Crippen LogP contribution in [0.1, 0.15) is 57.9 Å². The molecule has 1 amide bonds. The van der Waals surface area contributed by atoms with Gasteiger partial charge in [-0.15, -0.1) is 0 Å². The van der Waals surface area contributed by atoms with Gasteiger partial charge in [-0.25, -0.2) is 4.79 Å². The van der Waals surface area contributed by atoms with E-state index in [0.29, 0.717) is 5.92 Å². The molecule has 0 saturated heterocycles. The molecule has 0 unspecified atom stereocenters. The van der Waals surface area contributed by atoms with Gasteiger partial charge in [0.25, 0.3) is 0 Å². The molecular weight excluding hydrogens is 322 g/mol. The van der Waals surface area contributed by atoms with Crippen molar-refractivity contribution in [2.75, 3.05) is 0 Å². The Kier molecular flexibility index (Phi) is 5.65. The fraction of sp³-hybridized carbons (Fsp3) is 0.435. The number of hydrogen-bond acceptors (Lipinski definition) is 2. The summed E-state index contributed by atoms with van der Waals surface area (Å²) in [5.41, 5.74) is 3.40. The van der Waals surface area contributed by atoms with E-state index in [2.05, 4.69) is 53.8 Å². The van der Waals surface area contributed by atoms with E-state index in [-0.39, 0.29) is 12.1 Å². The van der Waals surface area contributed by atoms with Crippen LogP contribution in [-0.4, -0.2) is 17.7 Å². The summed E-state index contributed by atoms with van der Waals surface area (Å²) < 4.78 is 5.40. The number of hydrogen-bond donors (Lipinski definition) is 1. The molecule has 0 spiro atoms. The van der Waals surface area contributed by atoms with E-state index in [1.807, 2.05) is 26.8 Å². The van der Waals surface area contributed by atoms with Gasteiger partial charge in [0.1, 0.15) is 5.60 Å². The van der Waals surface area contributed by atoms with Gasteiger partial charge in [0.15, 0.2) is 0 Å². The maximum atomic E-state index is 12.0. The third kappa shape index (κ3) is 5.10. The van der Waals surface area contributed by atoms with Gasteiger partial charge in [-0.1, -0.05) is 61.0 Å². The van der Waals surface area contributed by atoms with Crippen LogP contribution in [0.5, 0.6) is 0 Å². The highest BCUT2D eigenvalue weighted by Gasteiger charge is 2.26. The molecule has 2 aromatic carbocycles. The molecule has 0 aliphatic heterocycles. The lowest BCUT2D eigenvalue weighted by molar-refractivity contribution is 0.0490. The fourth-order valence-electron chi connectivity index (χ4n) is 3.68. The number of benzene rings is 2. The molecule has 0 bridgehead atoms. The Bertz CT molecular complexity index is 716. The SMILES string of the molecule is CC(C)(C)OC(=O)N[C@@H]1CCC[C@H](c2ccc(-c3ccccc3)cc2)C1. The Labute approximate surface area is 156 Å². The Balaban J connectivity index is 1.61. The number of ether oxygens (including phenoxy) is 1. The maximum Gasteiger partial charge on any atom is 0.407 e. The van der Waals surface area contributed by atoms with Gasteiger partial charge in [0.2, 0.25) is 0 Å². The second-order valence-electron chi connectivity index (χ2n) is 8.19.